The molecule has 0 N–H and O–H groups in total. The van der Waals surface area contributed by atoms with Crippen molar-refractivity contribution in [3.8, 4) is 33.6 Å². The predicted molar refractivity (Wildman–Crippen MR) is 203 cm³/mol. The molecular weight excluding hydrogens is 597 g/mol. The van der Waals surface area contributed by atoms with Gasteiger partial charge in [-0.05, 0) is 63.9 Å². The molecule has 230 valence electrons. The van der Waals surface area contributed by atoms with E-state index in [0.717, 1.165) is 67.3 Å². The Morgan fingerprint density at radius 2 is 1.24 bits per heavy atom. The second-order valence-electron chi connectivity index (χ2n) is 12.9. The Morgan fingerprint density at radius 3 is 2.08 bits per heavy atom. The van der Waals surface area contributed by atoms with Crippen LogP contribution in [0.3, 0.4) is 0 Å². The van der Waals surface area contributed by atoms with Crippen molar-refractivity contribution in [2.45, 2.75) is 12.3 Å². The van der Waals surface area contributed by atoms with Crippen molar-refractivity contribution in [3.05, 3.63) is 174 Å². The first kappa shape index (κ1) is 27.8. The summed E-state index contributed by atoms with van der Waals surface area (Å²) in [5.74, 6) is 0.339. The van der Waals surface area contributed by atoms with Crippen molar-refractivity contribution in [1.29, 1.82) is 0 Å². The van der Waals surface area contributed by atoms with E-state index in [0.29, 0.717) is 5.92 Å². The van der Waals surface area contributed by atoms with Gasteiger partial charge in [-0.25, -0.2) is 9.97 Å². The van der Waals surface area contributed by atoms with Crippen LogP contribution in [0, 0.1) is 0 Å². The fourth-order valence-corrected chi connectivity index (χ4v) is 7.62. The molecule has 3 heteroatoms. The lowest BCUT2D eigenvalue weighted by Crippen LogP contribution is -2.05. The van der Waals surface area contributed by atoms with E-state index < -0.39 is 0 Å². The Bertz CT molecular complexity index is 2740. The zero-order chi connectivity index (χ0) is 32.3. The maximum absolute atomic E-state index is 6.71. The molecule has 9 aromatic rings. The number of aromatic nitrogens is 2. The van der Waals surface area contributed by atoms with Gasteiger partial charge in [-0.2, -0.15) is 0 Å². The Balaban J connectivity index is 1.18. The van der Waals surface area contributed by atoms with E-state index in [2.05, 4.69) is 140 Å². The van der Waals surface area contributed by atoms with Gasteiger partial charge in [0.05, 0.1) is 22.4 Å². The van der Waals surface area contributed by atoms with E-state index in [9.17, 15) is 0 Å². The Morgan fingerprint density at radius 1 is 0.531 bits per heavy atom. The normalized spacial score (nSPS) is 14.2. The minimum Gasteiger partial charge on any atom is -0.455 e. The van der Waals surface area contributed by atoms with Gasteiger partial charge in [-0.15, -0.1) is 0 Å². The third-order valence-corrected chi connectivity index (χ3v) is 10.0. The fraction of sp³-hybridized carbons (Fsp3) is 0.0435. The largest absolute Gasteiger partial charge is 0.455 e. The maximum Gasteiger partial charge on any atom is 0.143 e. The summed E-state index contributed by atoms with van der Waals surface area (Å²) in [5.41, 5.74) is 13.6. The van der Waals surface area contributed by atoms with E-state index in [-0.39, 0.29) is 0 Å². The van der Waals surface area contributed by atoms with Gasteiger partial charge in [0.1, 0.15) is 11.2 Å². The third kappa shape index (κ3) is 4.58. The predicted octanol–water partition coefficient (Wildman–Crippen LogP) is 12.0. The van der Waals surface area contributed by atoms with E-state index in [4.69, 9.17) is 14.4 Å². The number of benzene rings is 7. The summed E-state index contributed by atoms with van der Waals surface area (Å²) >= 11 is 0. The van der Waals surface area contributed by atoms with Gasteiger partial charge in [-0.1, -0.05) is 140 Å². The lowest BCUT2D eigenvalue weighted by molar-refractivity contribution is 0.673. The molecule has 0 saturated heterocycles. The summed E-state index contributed by atoms with van der Waals surface area (Å²) in [7, 11) is 0. The van der Waals surface area contributed by atoms with Crippen molar-refractivity contribution in [1.82, 2.24) is 9.97 Å². The fourth-order valence-electron chi connectivity index (χ4n) is 7.62. The highest BCUT2D eigenvalue weighted by Crippen LogP contribution is 2.44. The minimum absolute atomic E-state index is 0.339. The highest BCUT2D eigenvalue weighted by atomic mass is 16.3. The van der Waals surface area contributed by atoms with E-state index in [1.54, 1.807) is 0 Å². The lowest BCUT2D eigenvalue weighted by atomic mass is 9.85. The number of hydrogen-bond donors (Lipinski definition) is 0. The monoisotopic (exact) mass is 626 g/mol. The lowest BCUT2D eigenvalue weighted by Gasteiger charge is -2.20. The molecule has 1 aliphatic carbocycles. The number of fused-ring (bicyclic) bond motifs is 7. The summed E-state index contributed by atoms with van der Waals surface area (Å²) in [5, 5.41) is 4.39. The smallest absolute Gasteiger partial charge is 0.143 e. The third-order valence-electron chi connectivity index (χ3n) is 10.0. The molecule has 0 bridgehead atoms. The summed E-state index contributed by atoms with van der Waals surface area (Å²) in [4.78, 5) is 10.6. The minimum atomic E-state index is 0.339. The van der Waals surface area contributed by atoms with Crippen LogP contribution in [0.15, 0.2) is 162 Å². The molecular formula is C46H30N2O. The van der Waals surface area contributed by atoms with Crippen molar-refractivity contribution in [3.63, 3.8) is 0 Å². The van der Waals surface area contributed by atoms with Crippen LogP contribution >= 0.6 is 0 Å². The highest BCUT2D eigenvalue weighted by molar-refractivity contribution is 6.22. The quantitative estimate of drug-likeness (QED) is 0.195. The molecule has 1 unspecified atom stereocenters. The van der Waals surface area contributed by atoms with Gasteiger partial charge in [0.2, 0.25) is 0 Å². The summed E-state index contributed by atoms with van der Waals surface area (Å²) in [6.45, 7) is 0. The number of hydrogen-bond acceptors (Lipinski definition) is 3. The molecule has 2 aromatic heterocycles. The molecule has 0 amide bonds. The van der Waals surface area contributed by atoms with Crippen LogP contribution < -0.4 is 0 Å². The van der Waals surface area contributed by atoms with E-state index in [1.807, 2.05) is 24.3 Å². The first-order chi connectivity index (χ1) is 24.3. The van der Waals surface area contributed by atoms with Gasteiger partial charge < -0.3 is 4.42 Å². The number of furan rings is 1. The number of nitrogens with zero attached hydrogens (tertiary/aromatic N) is 2. The van der Waals surface area contributed by atoms with E-state index in [1.165, 1.54) is 33.2 Å². The van der Waals surface area contributed by atoms with E-state index >= 15 is 0 Å². The second kappa shape index (κ2) is 11.1. The first-order valence-electron chi connectivity index (χ1n) is 16.8. The zero-order valence-corrected chi connectivity index (χ0v) is 26.7. The van der Waals surface area contributed by atoms with Crippen LogP contribution in [0.5, 0.6) is 0 Å². The average molecular weight is 627 g/mol. The molecule has 7 aromatic carbocycles. The number of allylic oxidation sites excluding steroid dienone is 1. The molecule has 0 spiro atoms. The topological polar surface area (TPSA) is 38.9 Å². The molecule has 10 rings (SSSR count). The van der Waals surface area contributed by atoms with Crippen LogP contribution in [-0.4, -0.2) is 9.97 Å². The van der Waals surface area contributed by atoms with Crippen molar-refractivity contribution >= 4 is 49.8 Å². The number of rotatable bonds is 4. The Labute approximate surface area is 283 Å². The van der Waals surface area contributed by atoms with Gasteiger partial charge in [-0.3, -0.25) is 0 Å². The molecule has 2 heterocycles. The molecule has 1 aliphatic rings. The SMILES string of the molecule is C1=CC(c2ccc(-c3nc4ccccc4nc3-c3cccc4oc5c6ccccc6c(-c6ccccc6)cc5c34)cc2)Cc2ccccc21. The molecule has 1 atom stereocenters. The van der Waals surface area contributed by atoms with Crippen LogP contribution in [0.2, 0.25) is 0 Å². The number of para-hydroxylation sites is 2. The van der Waals surface area contributed by atoms with Crippen molar-refractivity contribution in [2.75, 3.05) is 0 Å². The first-order valence-corrected chi connectivity index (χ1v) is 16.8. The van der Waals surface area contributed by atoms with Gasteiger partial charge in [0.25, 0.3) is 0 Å². The van der Waals surface area contributed by atoms with Crippen LogP contribution in [-0.2, 0) is 6.42 Å². The average Bonchev–Trinajstić information content (AvgIpc) is 3.56. The van der Waals surface area contributed by atoms with Crippen LogP contribution in [0.25, 0.3) is 83.5 Å². The molecule has 0 aliphatic heterocycles. The molecule has 49 heavy (non-hydrogen) atoms. The second-order valence-corrected chi connectivity index (χ2v) is 12.9. The Kier molecular flexibility index (Phi) is 6.31. The summed E-state index contributed by atoms with van der Waals surface area (Å²) in [6, 6.07) is 53.5. The van der Waals surface area contributed by atoms with Gasteiger partial charge in [0.15, 0.2) is 0 Å². The zero-order valence-electron chi connectivity index (χ0n) is 26.7. The standard InChI is InChI=1S/C46H30N2O/c1-2-12-31(13-3-1)38-28-39-43-37(17-10-20-42(43)49-46(39)36-16-7-6-15-35(36)38)45-44(47-40-18-8-9-19-41(40)48-45)32-24-21-30(22-25-32)34-26-23-29-11-4-5-14-33(29)27-34/h1-26,28,34H,27H2. The van der Waals surface area contributed by atoms with Crippen molar-refractivity contribution < 1.29 is 4.42 Å². The van der Waals surface area contributed by atoms with Crippen molar-refractivity contribution in [2.24, 2.45) is 0 Å². The Hall–Kier alpha value is -6.32. The maximum atomic E-state index is 6.71. The molecule has 0 radical (unpaired) electrons. The highest BCUT2D eigenvalue weighted by Gasteiger charge is 2.22. The van der Waals surface area contributed by atoms with Gasteiger partial charge in [0, 0.05) is 33.2 Å². The summed E-state index contributed by atoms with van der Waals surface area (Å²) in [6.07, 6.45) is 5.59. The molecule has 0 saturated carbocycles. The van der Waals surface area contributed by atoms with Gasteiger partial charge >= 0.3 is 0 Å². The molecule has 0 fully saturated rings. The summed E-state index contributed by atoms with van der Waals surface area (Å²) < 4.78 is 6.71. The van der Waals surface area contributed by atoms with Crippen LogP contribution in [0.4, 0.5) is 0 Å². The van der Waals surface area contributed by atoms with Crippen LogP contribution in [0.1, 0.15) is 22.6 Å². The molecule has 3 nitrogen and oxygen atoms in total.